The Balaban J connectivity index is 1.88. The van der Waals surface area contributed by atoms with Crippen LogP contribution in [0.25, 0.3) is 5.69 Å². The fraction of sp³-hybridized carbons (Fsp3) is 0.238. The largest absolute Gasteiger partial charge is 0.493 e. The van der Waals surface area contributed by atoms with Gasteiger partial charge in [-0.3, -0.25) is 9.36 Å². The second kappa shape index (κ2) is 8.47. The zero-order valence-corrected chi connectivity index (χ0v) is 16.4. The molecular weight excluding hydrogens is 358 g/mol. The van der Waals surface area contributed by atoms with Crippen LogP contribution in [0.5, 0.6) is 17.2 Å². The molecule has 0 spiro atoms. The Morgan fingerprint density at radius 3 is 2.36 bits per heavy atom. The van der Waals surface area contributed by atoms with Crippen LogP contribution in [0.3, 0.4) is 0 Å². The number of amides is 1. The molecule has 1 amide bonds. The van der Waals surface area contributed by atoms with E-state index in [1.807, 2.05) is 36.4 Å². The van der Waals surface area contributed by atoms with Gasteiger partial charge in [0.05, 0.1) is 33.9 Å². The summed E-state index contributed by atoms with van der Waals surface area (Å²) < 4.78 is 18.0. The second-order valence-electron chi connectivity index (χ2n) is 6.14. The minimum Gasteiger partial charge on any atom is -0.493 e. The molecule has 0 atom stereocenters. The summed E-state index contributed by atoms with van der Waals surface area (Å²) in [5.74, 6) is 1.45. The normalized spacial score (nSPS) is 10.4. The van der Waals surface area contributed by atoms with Crippen LogP contribution in [0, 0.1) is 0 Å². The van der Waals surface area contributed by atoms with Gasteiger partial charge < -0.3 is 19.1 Å². The van der Waals surface area contributed by atoms with Crippen molar-refractivity contribution in [2.75, 3.05) is 28.4 Å². The average Bonchev–Trinajstić information content (AvgIpc) is 3.23. The van der Waals surface area contributed by atoms with E-state index in [0.29, 0.717) is 29.5 Å². The molecule has 0 fully saturated rings. The van der Waals surface area contributed by atoms with Gasteiger partial charge in [-0.05, 0) is 24.3 Å². The highest BCUT2D eigenvalue weighted by molar-refractivity contribution is 5.92. The number of carbonyl (C=O) groups excluding carboxylic acids is 1. The molecule has 0 bridgehead atoms. The number of hydrogen-bond donors (Lipinski definition) is 0. The van der Waals surface area contributed by atoms with Crippen LogP contribution >= 0.6 is 0 Å². The highest BCUT2D eigenvalue weighted by Crippen LogP contribution is 2.40. The summed E-state index contributed by atoms with van der Waals surface area (Å²) in [4.78, 5) is 18.8. The maximum atomic E-state index is 13.0. The number of para-hydroxylation sites is 1. The molecule has 146 valence electrons. The van der Waals surface area contributed by atoms with Gasteiger partial charge in [-0.25, -0.2) is 4.98 Å². The van der Waals surface area contributed by atoms with E-state index in [1.54, 1.807) is 56.4 Å². The van der Waals surface area contributed by atoms with E-state index in [9.17, 15) is 4.79 Å². The highest BCUT2D eigenvalue weighted by atomic mass is 16.5. The summed E-state index contributed by atoms with van der Waals surface area (Å²) in [5.41, 5.74) is 2.16. The Labute approximate surface area is 164 Å². The van der Waals surface area contributed by atoms with Gasteiger partial charge in [0.25, 0.3) is 5.91 Å². The molecule has 0 saturated heterocycles. The number of benzene rings is 2. The van der Waals surface area contributed by atoms with Gasteiger partial charge >= 0.3 is 0 Å². The lowest BCUT2D eigenvalue weighted by Gasteiger charge is -2.21. The predicted octanol–water partition coefficient (Wildman–Crippen LogP) is 3.17. The molecular formula is C21H23N3O4. The Kier molecular flexibility index (Phi) is 5.84. The van der Waals surface area contributed by atoms with Crippen LogP contribution in [-0.4, -0.2) is 48.7 Å². The van der Waals surface area contributed by atoms with E-state index in [2.05, 4.69) is 4.98 Å². The molecule has 3 aromatic rings. The van der Waals surface area contributed by atoms with Crippen molar-refractivity contribution < 1.29 is 19.0 Å². The third-order valence-electron chi connectivity index (χ3n) is 4.43. The van der Waals surface area contributed by atoms with Crippen LogP contribution in [0.2, 0.25) is 0 Å². The minimum absolute atomic E-state index is 0.154. The highest BCUT2D eigenvalue weighted by Gasteiger charge is 2.21. The van der Waals surface area contributed by atoms with Crippen molar-refractivity contribution in [3.05, 3.63) is 66.2 Å². The van der Waals surface area contributed by atoms with Crippen LogP contribution in [0.4, 0.5) is 0 Å². The van der Waals surface area contributed by atoms with Crippen molar-refractivity contribution in [1.82, 2.24) is 14.5 Å². The molecule has 0 aliphatic carbocycles. The first-order chi connectivity index (χ1) is 13.6. The van der Waals surface area contributed by atoms with Gasteiger partial charge in [-0.2, -0.15) is 0 Å². The predicted molar refractivity (Wildman–Crippen MR) is 105 cm³/mol. The fourth-order valence-corrected chi connectivity index (χ4v) is 3.06. The van der Waals surface area contributed by atoms with Crippen molar-refractivity contribution in [1.29, 1.82) is 0 Å². The minimum atomic E-state index is -0.154. The summed E-state index contributed by atoms with van der Waals surface area (Å²) in [5, 5.41) is 0. The van der Waals surface area contributed by atoms with Gasteiger partial charge in [0.2, 0.25) is 5.75 Å². The summed E-state index contributed by atoms with van der Waals surface area (Å²) in [6.07, 6.45) is 3.20. The van der Waals surface area contributed by atoms with Gasteiger partial charge in [0.15, 0.2) is 11.5 Å². The zero-order chi connectivity index (χ0) is 20.1. The van der Waals surface area contributed by atoms with Gasteiger partial charge in [-0.1, -0.05) is 18.2 Å². The van der Waals surface area contributed by atoms with Crippen LogP contribution < -0.4 is 14.2 Å². The first-order valence-corrected chi connectivity index (χ1v) is 8.71. The summed E-state index contributed by atoms with van der Waals surface area (Å²) >= 11 is 0. The summed E-state index contributed by atoms with van der Waals surface area (Å²) in [6, 6.07) is 13.3. The Morgan fingerprint density at radius 2 is 1.71 bits per heavy atom. The first kappa shape index (κ1) is 19.3. The zero-order valence-electron chi connectivity index (χ0n) is 16.4. The van der Waals surface area contributed by atoms with Crippen molar-refractivity contribution >= 4 is 5.91 Å². The van der Waals surface area contributed by atoms with Gasteiger partial charge in [0.1, 0.15) is 5.69 Å². The van der Waals surface area contributed by atoms with Gasteiger partial charge in [0, 0.05) is 24.8 Å². The molecule has 7 heteroatoms. The molecule has 1 aromatic heterocycles. The lowest BCUT2D eigenvalue weighted by Crippen LogP contribution is -2.28. The molecule has 0 radical (unpaired) electrons. The SMILES string of the molecule is COc1ccc(CN(C)C(=O)c2cncn2-c2ccccc2)c(OC)c1OC. The fourth-order valence-electron chi connectivity index (χ4n) is 3.06. The Bertz CT molecular complexity index is 954. The molecule has 0 unspecified atom stereocenters. The van der Waals surface area contributed by atoms with E-state index >= 15 is 0 Å². The number of imidazole rings is 1. The number of hydrogen-bond acceptors (Lipinski definition) is 5. The van der Waals surface area contributed by atoms with Crippen molar-refractivity contribution in [2.24, 2.45) is 0 Å². The van der Waals surface area contributed by atoms with Crippen molar-refractivity contribution in [3.8, 4) is 22.9 Å². The third kappa shape index (κ3) is 3.64. The summed E-state index contributed by atoms with van der Waals surface area (Å²) in [7, 11) is 6.42. The molecule has 0 N–H and O–H groups in total. The number of aromatic nitrogens is 2. The van der Waals surface area contributed by atoms with E-state index < -0.39 is 0 Å². The van der Waals surface area contributed by atoms with Crippen LogP contribution in [0.1, 0.15) is 16.1 Å². The monoisotopic (exact) mass is 381 g/mol. The lowest BCUT2D eigenvalue weighted by atomic mass is 10.1. The van der Waals surface area contributed by atoms with Crippen LogP contribution in [-0.2, 0) is 6.54 Å². The van der Waals surface area contributed by atoms with E-state index in [0.717, 1.165) is 11.3 Å². The quantitative estimate of drug-likeness (QED) is 0.629. The smallest absolute Gasteiger partial charge is 0.272 e. The molecule has 0 saturated carbocycles. The maximum absolute atomic E-state index is 13.0. The third-order valence-corrected chi connectivity index (χ3v) is 4.43. The maximum Gasteiger partial charge on any atom is 0.272 e. The van der Waals surface area contributed by atoms with Gasteiger partial charge in [-0.15, -0.1) is 0 Å². The molecule has 28 heavy (non-hydrogen) atoms. The molecule has 3 rings (SSSR count). The summed E-state index contributed by atoms with van der Waals surface area (Å²) in [6.45, 7) is 0.336. The number of ether oxygens (including phenoxy) is 3. The number of carbonyl (C=O) groups is 1. The van der Waals surface area contributed by atoms with E-state index in [4.69, 9.17) is 14.2 Å². The molecule has 0 aliphatic heterocycles. The Morgan fingerprint density at radius 1 is 1.00 bits per heavy atom. The molecule has 0 aliphatic rings. The van der Waals surface area contributed by atoms with Crippen LogP contribution in [0.15, 0.2) is 55.0 Å². The van der Waals surface area contributed by atoms with Crippen molar-refractivity contribution in [3.63, 3.8) is 0 Å². The van der Waals surface area contributed by atoms with E-state index in [1.165, 1.54) is 0 Å². The topological polar surface area (TPSA) is 65.8 Å². The molecule has 7 nitrogen and oxygen atoms in total. The average molecular weight is 381 g/mol. The molecule has 2 aromatic carbocycles. The van der Waals surface area contributed by atoms with E-state index in [-0.39, 0.29) is 5.91 Å². The second-order valence-corrected chi connectivity index (χ2v) is 6.14. The van der Waals surface area contributed by atoms with Crippen molar-refractivity contribution in [2.45, 2.75) is 6.54 Å². The number of nitrogens with zero attached hydrogens (tertiary/aromatic N) is 3. The standard InChI is InChI=1S/C21H23N3O4/c1-23(13-15-10-11-18(26-2)20(28-4)19(15)27-3)21(25)17-12-22-14-24(17)16-8-6-5-7-9-16/h5-12,14H,13H2,1-4H3. The Hall–Kier alpha value is -3.48. The number of rotatable bonds is 7. The lowest BCUT2D eigenvalue weighted by molar-refractivity contribution is 0.0776. The molecule has 1 heterocycles. The number of methoxy groups -OCH3 is 3. The first-order valence-electron chi connectivity index (χ1n) is 8.71.